The Kier molecular flexibility index (Phi) is 4.23. The Bertz CT molecular complexity index is 1070. The van der Waals surface area contributed by atoms with Gasteiger partial charge < -0.3 is 14.8 Å². The van der Waals surface area contributed by atoms with E-state index in [0.717, 1.165) is 50.3 Å². The summed E-state index contributed by atoms with van der Waals surface area (Å²) >= 11 is 0. The van der Waals surface area contributed by atoms with E-state index < -0.39 is 0 Å². The minimum absolute atomic E-state index is 0.0724. The molecule has 0 atom stereocenters. The molecule has 2 fully saturated rings. The smallest absolute Gasteiger partial charge is 0.228 e. The Morgan fingerprint density at radius 3 is 2.34 bits per heavy atom. The topological polar surface area (TPSA) is 39.3 Å². The molecule has 0 radical (unpaired) electrons. The molecule has 2 aromatic carbocycles. The van der Waals surface area contributed by atoms with Gasteiger partial charge in [-0.25, -0.2) is 0 Å². The first kappa shape index (κ1) is 18.0. The molecule has 1 aliphatic carbocycles. The van der Waals surface area contributed by atoms with E-state index in [0.29, 0.717) is 5.91 Å². The van der Waals surface area contributed by atoms with Gasteiger partial charge >= 0.3 is 0 Å². The summed E-state index contributed by atoms with van der Waals surface area (Å²) in [6, 6.07) is 17.1. The summed E-state index contributed by atoms with van der Waals surface area (Å²) in [6.45, 7) is 9.72. The molecule has 2 heterocycles. The van der Waals surface area contributed by atoms with Crippen LogP contribution in [0.2, 0.25) is 0 Å². The second kappa shape index (κ2) is 6.80. The van der Waals surface area contributed by atoms with Crippen molar-refractivity contribution in [3.8, 4) is 11.1 Å². The quantitative estimate of drug-likeness (QED) is 0.704. The van der Waals surface area contributed by atoms with Crippen molar-refractivity contribution in [3.05, 3.63) is 66.9 Å². The standard InChI is InChI=1S/C25H27N3O/c1-18(27-14-16-28(17-15-27)24(29)25(2)11-12-25)19-6-8-20(9-7-19)22-5-3-4-21-10-13-26-23(21)22/h3-10,13,26H,1,11-12,14-17H2,2H3. The third kappa shape index (κ3) is 3.23. The van der Waals surface area contributed by atoms with Gasteiger partial charge in [0.2, 0.25) is 5.91 Å². The largest absolute Gasteiger partial charge is 0.368 e. The first-order valence-electron chi connectivity index (χ1n) is 10.5. The van der Waals surface area contributed by atoms with Crippen LogP contribution in [-0.2, 0) is 4.79 Å². The molecule has 1 N–H and O–H groups in total. The summed E-state index contributed by atoms with van der Waals surface area (Å²) in [5, 5.41) is 1.23. The lowest BCUT2D eigenvalue weighted by Crippen LogP contribution is -2.49. The van der Waals surface area contributed by atoms with Crippen molar-refractivity contribution in [1.29, 1.82) is 0 Å². The van der Waals surface area contributed by atoms with E-state index in [4.69, 9.17) is 0 Å². The van der Waals surface area contributed by atoms with Gasteiger partial charge in [0, 0.05) is 49.1 Å². The van der Waals surface area contributed by atoms with Crippen LogP contribution >= 0.6 is 0 Å². The molecule has 0 unspecified atom stereocenters. The van der Waals surface area contributed by atoms with Crippen LogP contribution in [0.15, 0.2) is 61.3 Å². The Morgan fingerprint density at radius 2 is 1.66 bits per heavy atom. The molecule has 5 rings (SSSR count). The second-order valence-electron chi connectivity index (χ2n) is 8.61. The number of nitrogens with zero attached hydrogens (tertiary/aromatic N) is 2. The molecule has 0 spiro atoms. The predicted octanol–water partition coefficient (Wildman–Crippen LogP) is 4.75. The fourth-order valence-corrected chi connectivity index (χ4v) is 4.31. The zero-order chi connectivity index (χ0) is 20.0. The second-order valence-corrected chi connectivity index (χ2v) is 8.61. The molecule has 4 heteroatoms. The van der Waals surface area contributed by atoms with E-state index >= 15 is 0 Å². The van der Waals surface area contributed by atoms with Gasteiger partial charge in [0.1, 0.15) is 0 Å². The van der Waals surface area contributed by atoms with Crippen molar-refractivity contribution in [3.63, 3.8) is 0 Å². The summed E-state index contributed by atoms with van der Waals surface area (Å²) < 4.78 is 0. The molecule has 1 saturated carbocycles. The number of aromatic nitrogens is 1. The Hall–Kier alpha value is -3.01. The van der Waals surface area contributed by atoms with Gasteiger partial charge in [-0.05, 0) is 35.4 Å². The highest BCUT2D eigenvalue weighted by Gasteiger charge is 2.47. The summed E-state index contributed by atoms with van der Waals surface area (Å²) in [4.78, 5) is 20.2. The number of hydrogen-bond acceptors (Lipinski definition) is 2. The van der Waals surface area contributed by atoms with E-state index in [1.54, 1.807) is 0 Å². The fraction of sp³-hybridized carbons (Fsp3) is 0.320. The summed E-state index contributed by atoms with van der Waals surface area (Å²) in [6.07, 6.45) is 4.07. The summed E-state index contributed by atoms with van der Waals surface area (Å²) in [7, 11) is 0. The van der Waals surface area contributed by atoms with Gasteiger partial charge in [-0.3, -0.25) is 4.79 Å². The van der Waals surface area contributed by atoms with Crippen LogP contribution in [-0.4, -0.2) is 46.9 Å². The van der Waals surface area contributed by atoms with Crippen LogP contribution in [0.3, 0.4) is 0 Å². The van der Waals surface area contributed by atoms with E-state index in [1.807, 2.05) is 11.1 Å². The van der Waals surface area contributed by atoms with Crippen molar-refractivity contribution in [1.82, 2.24) is 14.8 Å². The van der Waals surface area contributed by atoms with Gasteiger partial charge in [-0.2, -0.15) is 0 Å². The van der Waals surface area contributed by atoms with E-state index in [-0.39, 0.29) is 5.41 Å². The van der Waals surface area contributed by atoms with Crippen molar-refractivity contribution in [2.24, 2.45) is 5.41 Å². The number of nitrogens with one attached hydrogen (secondary N) is 1. The van der Waals surface area contributed by atoms with Crippen LogP contribution in [0.4, 0.5) is 0 Å². The van der Waals surface area contributed by atoms with Gasteiger partial charge in [-0.15, -0.1) is 0 Å². The molecule has 1 amide bonds. The lowest BCUT2D eigenvalue weighted by molar-refractivity contribution is -0.137. The number of amides is 1. The summed E-state index contributed by atoms with van der Waals surface area (Å²) in [5.74, 6) is 0.339. The van der Waals surface area contributed by atoms with Crippen molar-refractivity contribution >= 4 is 22.5 Å². The van der Waals surface area contributed by atoms with Crippen LogP contribution in [0, 0.1) is 5.41 Å². The molecule has 0 bridgehead atoms. The molecule has 29 heavy (non-hydrogen) atoms. The molecule has 3 aromatic rings. The minimum atomic E-state index is -0.0724. The first-order chi connectivity index (χ1) is 14.0. The third-order valence-corrected chi connectivity index (χ3v) is 6.58. The maximum atomic E-state index is 12.6. The third-order valence-electron chi connectivity index (χ3n) is 6.58. The number of para-hydroxylation sites is 1. The Balaban J connectivity index is 1.28. The number of piperazine rings is 1. The maximum absolute atomic E-state index is 12.6. The van der Waals surface area contributed by atoms with Gasteiger partial charge in [0.05, 0.1) is 5.52 Å². The number of rotatable bonds is 4. The predicted molar refractivity (Wildman–Crippen MR) is 118 cm³/mol. The van der Waals surface area contributed by atoms with E-state index in [9.17, 15) is 4.79 Å². The van der Waals surface area contributed by atoms with Crippen LogP contribution in [0.1, 0.15) is 25.3 Å². The van der Waals surface area contributed by atoms with E-state index in [1.165, 1.54) is 22.0 Å². The van der Waals surface area contributed by atoms with Gasteiger partial charge in [0.15, 0.2) is 0 Å². The number of H-pyrrole nitrogens is 1. The maximum Gasteiger partial charge on any atom is 0.228 e. The molecular weight excluding hydrogens is 358 g/mol. The number of benzene rings is 2. The molecule has 148 valence electrons. The van der Waals surface area contributed by atoms with Crippen LogP contribution in [0.5, 0.6) is 0 Å². The Morgan fingerprint density at radius 1 is 0.966 bits per heavy atom. The number of fused-ring (bicyclic) bond motifs is 1. The van der Waals surface area contributed by atoms with Crippen LogP contribution < -0.4 is 0 Å². The molecule has 1 aromatic heterocycles. The highest BCUT2D eigenvalue weighted by molar-refractivity contribution is 5.94. The zero-order valence-electron chi connectivity index (χ0n) is 16.9. The van der Waals surface area contributed by atoms with Gasteiger partial charge in [0.25, 0.3) is 0 Å². The highest BCUT2D eigenvalue weighted by Crippen LogP contribution is 2.46. The lowest BCUT2D eigenvalue weighted by atomic mass is 10.0. The normalized spacial score (nSPS) is 18.1. The highest BCUT2D eigenvalue weighted by atomic mass is 16.2. The van der Waals surface area contributed by atoms with Crippen molar-refractivity contribution in [2.75, 3.05) is 26.2 Å². The summed E-state index contributed by atoms with van der Waals surface area (Å²) in [5.41, 5.74) is 5.69. The fourth-order valence-electron chi connectivity index (χ4n) is 4.31. The first-order valence-corrected chi connectivity index (χ1v) is 10.5. The minimum Gasteiger partial charge on any atom is -0.368 e. The number of hydrogen-bond donors (Lipinski definition) is 1. The molecule has 1 saturated heterocycles. The number of carbonyl (C=O) groups excluding carboxylic acids is 1. The molecular formula is C25H27N3O. The molecule has 4 nitrogen and oxygen atoms in total. The monoisotopic (exact) mass is 385 g/mol. The lowest BCUT2D eigenvalue weighted by Gasteiger charge is -2.38. The van der Waals surface area contributed by atoms with E-state index in [2.05, 4.69) is 71.9 Å². The molecule has 1 aliphatic heterocycles. The SMILES string of the molecule is C=C(c1ccc(-c2cccc3cc[nH]c23)cc1)N1CCN(C(=O)C2(C)CC2)CC1. The van der Waals surface area contributed by atoms with Crippen LogP contribution in [0.25, 0.3) is 27.7 Å². The Labute approximate surface area is 171 Å². The van der Waals surface area contributed by atoms with Gasteiger partial charge in [-0.1, -0.05) is 56.0 Å². The van der Waals surface area contributed by atoms with Crippen molar-refractivity contribution < 1.29 is 4.79 Å². The van der Waals surface area contributed by atoms with Crippen molar-refractivity contribution in [2.45, 2.75) is 19.8 Å². The average Bonchev–Trinajstić information content (AvgIpc) is 3.33. The number of carbonyl (C=O) groups is 1. The average molecular weight is 386 g/mol. The number of aromatic amines is 1. The zero-order valence-corrected chi connectivity index (χ0v) is 16.9. The molecule has 2 aliphatic rings.